The maximum atomic E-state index is 11.4. The minimum Gasteiger partial charge on any atom is -0.462 e. The lowest BCUT2D eigenvalue weighted by atomic mass is 10.1. The summed E-state index contributed by atoms with van der Waals surface area (Å²) in [7, 11) is 0. The fourth-order valence-electron chi connectivity index (χ4n) is 1.10. The lowest BCUT2D eigenvalue weighted by Crippen LogP contribution is -2.09. The maximum absolute atomic E-state index is 11.4. The van der Waals surface area contributed by atoms with E-state index in [1.165, 1.54) is 12.1 Å². The predicted octanol–water partition coefficient (Wildman–Crippen LogP) is 2.12. The van der Waals surface area contributed by atoms with Gasteiger partial charge in [-0.2, -0.15) is 0 Å². The number of nitro groups is 1. The van der Waals surface area contributed by atoms with Crippen LogP contribution in [-0.2, 0) is 4.74 Å². The topological polar surface area (TPSA) is 95.5 Å². The number of nitrogen functional groups attached to an aromatic ring is 1. The van der Waals surface area contributed by atoms with Gasteiger partial charge in [-0.3, -0.25) is 10.1 Å². The average molecular weight is 289 g/mol. The first-order valence-electron chi connectivity index (χ1n) is 4.38. The van der Waals surface area contributed by atoms with Gasteiger partial charge >= 0.3 is 5.97 Å². The Morgan fingerprint density at radius 1 is 1.62 bits per heavy atom. The van der Waals surface area contributed by atoms with E-state index in [0.717, 1.165) is 0 Å². The number of rotatable bonds is 3. The molecule has 1 rings (SSSR count). The molecule has 0 aliphatic carbocycles. The number of benzene rings is 1. The molecule has 0 saturated heterocycles. The summed E-state index contributed by atoms with van der Waals surface area (Å²) in [6, 6.07) is 2.40. The van der Waals surface area contributed by atoms with Crippen molar-refractivity contribution in [2.45, 2.75) is 6.92 Å². The van der Waals surface area contributed by atoms with Crippen molar-refractivity contribution in [3.05, 3.63) is 32.3 Å². The molecule has 0 bridgehead atoms. The highest BCUT2D eigenvalue weighted by atomic mass is 79.9. The molecule has 0 saturated carbocycles. The maximum Gasteiger partial charge on any atom is 0.345 e. The number of ether oxygens (including phenoxy) is 1. The van der Waals surface area contributed by atoms with Gasteiger partial charge in [-0.15, -0.1) is 0 Å². The minimum absolute atomic E-state index is 0.145. The third-order valence-corrected chi connectivity index (χ3v) is 2.49. The van der Waals surface area contributed by atoms with Crippen LogP contribution in [0.5, 0.6) is 0 Å². The number of nitro benzene ring substituents is 1. The second-order valence-corrected chi connectivity index (χ2v) is 3.72. The highest BCUT2D eigenvalue weighted by Gasteiger charge is 2.23. The highest BCUT2D eigenvalue weighted by molar-refractivity contribution is 9.10. The van der Waals surface area contributed by atoms with Crippen LogP contribution in [0.15, 0.2) is 16.6 Å². The Labute approximate surface area is 99.7 Å². The number of nitrogens with zero attached hydrogens (tertiary/aromatic N) is 1. The largest absolute Gasteiger partial charge is 0.462 e. The normalized spacial score (nSPS) is 9.88. The minimum atomic E-state index is -0.756. The molecule has 0 atom stereocenters. The van der Waals surface area contributed by atoms with Gasteiger partial charge in [0.15, 0.2) is 0 Å². The van der Waals surface area contributed by atoms with E-state index >= 15 is 0 Å². The molecular weight excluding hydrogens is 280 g/mol. The molecule has 0 aromatic heterocycles. The molecule has 86 valence electrons. The van der Waals surface area contributed by atoms with E-state index in [0.29, 0.717) is 4.47 Å². The number of hydrogen-bond acceptors (Lipinski definition) is 5. The van der Waals surface area contributed by atoms with Crippen molar-refractivity contribution in [2.75, 3.05) is 12.3 Å². The van der Waals surface area contributed by atoms with Crippen molar-refractivity contribution in [2.24, 2.45) is 0 Å². The molecule has 0 amide bonds. The first-order chi connectivity index (χ1) is 7.47. The summed E-state index contributed by atoms with van der Waals surface area (Å²) in [5, 5.41) is 10.7. The van der Waals surface area contributed by atoms with Crippen molar-refractivity contribution >= 4 is 33.3 Å². The SMILES string of the molecule is CCOC(=O)c1cc(N)c(Br)cc1[N+](=O)[O-]. The Bertz CT molecular complexity index is 447. The summed E-state index contributed by atoms with van der Waals surface area (Å²) in [5.74, 6) is -0.756. The fourth-order valence-corrected chi connectivity index (χ4v) is 1.43. The van der Waals surface area contributed by atoms with Crippen molar-refractivity contribution in [3.63, 3.8) is 0 Å². The van der Waals surface area contributed by atoms with Crippen LogP contribution in [0.3, 0.4) is 0 Å². The molecule has 2 N–H and O–H groups in total. The number of esters is 1. The standard InChI is InChI=1S/C9H9BrN2O4/c1-2-16-9(13)5-3-7(11)6(10)4-8(5)12(14)15/h3-4H,2,11H2,1H3. The van der Waals surface area contributed by atoms with Gasteiger partial charge in [0.2, 0.25) is 0 Å². The molecule has 0 aliphatic heterocycles. The molecular formula is C9H9BrN2O4. The van der Waals surface area contributed by atoms with Crippen molar-refractivity contribution in [3.8, 4) is 0 Å². The fraction of sp³-hybridized carbons (Fsp3) is 0.222. The average Bonchev–Trinajstić information content (AvgIpc) is 2.21. The molecule has 1 aromatic carbocycles. The van der Waals surface area contributed by atoms with Crippen LogP contribution in [0.2, 0.25) is 0 Å². The van der Waals surface area contributed by atoms with Gasteiger partial charge < -0.3 is 10.5 Å². The van der Waals surface area contributed by atoms with Crippen molar-refractivity contribution in [1.29, 1.82) is 0 Å². The number of halogens is 1. The monoisotopic (exact) mass is 288 g/mol. The second-order valence-electron chi connectivity index (χ2n) is 2.87. The third-order valence-electron chi connectivity index (χ3n) is 1.81. The van der Waals surface area contributed by atoms with Crippen molar-refractivity contribution < 1.29 is 14.5 Å². The van der Waals surface area contributed by atoms with Crippen LogP contribution in [0, 0.1) is 10.1 Å². The lowest BCUT2D eigenvalue weighted by molar-refractivity contribution is -0.385. The predicted molar refractivity (Wildman–Crippen MR) is 61.2 cm³/mol. The first kappa shape index (κ1) is 12.4. The molecule has 0 fully saturated rings. The quantitative estimate of drug-likeness (QED) is 0.398. The van der Waals surface area contributed by atoms with Crippen LogP contribution in [0.25, 0.3) is 0 Å². The van der Waals surface area contributed by atoms with E-state index in [2.05, 4.69) is 15.9 Å². The van der Waals surface area contributed by atoms with E-state index in [9.17, 15) is 14.9 Å². The molecule has 6 nitrogen and oxygen atoms in total. The zero-order valence-corrected chi connectivity index (χ0v) is 9.98. The summed E-state index contributed by atoms with van der Waals surface area (Å²) < 4.78 is 5.07. The summed E-state index contributed by atoms with van der Waals surface area (Å²) >= 11 is 3.06. The molecule has 0 unspecified atom stereocenters. The Morgan fingerprint density at radius 2 is 2.25 bits per heavy atom. The van der Waals surface area contributed by atoms with Crippen LogP contribution in [-0.4, -0.2) is 17.5 Å². The van der Waals surface area contributed by atoms with Gasteiger partial charge in [-0.25, -0.2) is 4.79 Å². The number of hydrogen-bond donors (Lipinski definition) is 1. The molecule has 0 aliphatic rings. The van der Waals surface area contributed by atoms with E-state index < -0.39 is 10.9 Å². The summed E-state index contributed by atoms with van der Waals surface area (Å²) in [4.78, 5) is 21.5. The molecule has 7 heteroatoms. The van der Waals surface area contributed by atoms with Gasteiger partial charge in [0.1, 0.15) is 5.56 Å². The van der Waals surface area contributed by atoms with Crippen LogP contribution in [0.4, 0.5) is 11.4 Å². The number of anilines is 1. The smallest absolute Gasteiger partial charge is 0.345 e. The second kappa shape index (κ2) is 4.93. The summed E-state index contributed by atoms with van der Waals surface area (Å²) in [6.45, 7) is 1.76. The Morgan fingerprint density at radius 3 is 2.75 bits per heavy atom. The summed E-state index contributed by atoms with van der Waals surface area (Å²) in [6.07, 6.45) is 0. The van der Waals surface area contributed by atoms with E-state index in [1.807, 2.05) is 0 Å². The summed E-state index contributed by atoms with van der Waals surface area (Å²) in [5.41, 5.74) is 5.31. The van der Waals surface area contributed by atoms with E-state index in [1.54, 1.807) is 6.92 Å². The molecule has 16 heavy (non-hydrogen) atoms. The van der Waals surface area contributed by atoms with Gasteiger partial charge in [0.25, 0.3) is 5.69 Å². The van der Waals surface area contributed by atoms with Crippen LogP contribution in [0.1, 0.15) is 17.3 Å². The number of carbonyl (C=O) groups excluding carboxylic acids is 1. The van der Waals surface area contributed by atoms with Crippen LogP contribution < -0.4 is 5.73 Å². The van der Waals surface area contributed by atoms with Gasteiger partial charge in [0.05, 0.1) is 11.5 Å². The number of carbonyl (C=O) groups is 1. The van der Waals surface area contributed by atoms with E-state index in [-0.39, 0.29) is 23.5 Å². The molecule has 0 radical (unpaired) electrons. The molecule has 0 heterocycles. The first-order valence-corrected chi connectivity index (χ1v) is 5.17. The Hall–Kier alpha value is -1.63. The Kier molecular flexibility index (Phi) is 3.83. The zero-order valence-electron chi connectivity index (χ0n) is 8.40. The number of nitrogens with two attached hydrogens (primary N) is 1. The highest BCUT2D eigenvalue weighted by Crippen LogP contribution is 2.29. The molecule has 1 aromatic rings. The third kappa shape index (κ3) is 2.48. The van der Waals surface area contributed by atoms with Gasteiger partial charge in [0, 0.05) is 16.2 Å². The molecule has 0 spiro atoms. The van der Waals surface area contributed by atoms with Crippen LogP contribution >= 0.6 is 15.9 Å². The Balaban J connectivity index is 3.30. The van der Waals surface area contributed by atoms with Crippen molar-refractivity contribution in [1.82, 2.24) is 0 Å². The lowest BCUT2D eigenvalue weighted by Gasteiger charge is -2.05. The van der Waals surface area contributed by atoms with Gasteiger partial charge in [-0.05, 0) is 28.9 Å². The van der Waals surface area contributed by atoms with E-state index in [4.69, 9.17) is 10.5 Å². The van der Waals surface area contributed by atoms with Gasteiger partial charge in [-0.1, -0.05) is 0 Å². The zero-order chi connectivity index (χ0) is 12.3.